The molecule has 0 atom stereocenters. The molecule has 0 amide bonds. The minimum Gasteiger partial charge on any atom is -0.466 e. The number of carbonyl (C=O) groups excluding carboxylic acids is 1. The highest BCUT2D eigenvalue weighted by molar-refractivity contribution is 5.72. The maximum absolute atomic E-state index is 11.1. The summed E-state index contributed by atoms with van der Waals surface area (Å²) in [6.45, 7) is 6.04. The lowest BCUT2D eigenvalue weighted by atomic mass is 10.00. The highest BCUT2D eigenvalue weighted by Gasteiger charge is 2.09. The molecule has 72 valence electrons. The zero-order chi connectivity index (χ0) is 10.3. The summed E-state index contributed by atoms with van der Waals surface area (Å²) >= 11 is 0. The molecule has 3 heteroatoms. The Morgan fingerprint density at radius 2 is 2.23 bits per heavy atom. The SMILES string of the molecule is CCOC(=O)C/C(=C/C#N)C(C)C. The number of hydrogen-bond donors (Lipinski definition) is 0. The number of esters is 1. The van der Waals surface area contributed by atoms with E-state index < -0.39 is 0 Å². The zero-order valence-electron chi connectivity index (χ0n) is 8.33. The van der Waals surface area contributed by atoms with Crippen LogP contribution >= 0.6 is 0 Å². The molecule has 0 unspecified atom stereocenters. The first-order valence-corrected chi connectivity index (χ1v) is 4.36. The molecule has 3 nitrogen and oxygen atoms in total. The third kappa shape index (κ3) is 5.02. The van der Waals surface area contributed by atoms with Crippen molar-refractivity contribution in [3.8, 4) is 6.07 Å². The minimum atomic E-state index is -0.266. The molecule has 0 saturated carbocycles. The molecule has 0 aromatic rings. The van der Waals surface area contributed by atoms with Crippen molar-refractivity contribution in [2.24, 2.45) is 5.92 Å². The smallest absolute Gasteiger partial charge is 0.309 e. The molecule has 13 heavy (non-hydrogen) atoms. The Hall–Kier alpha value is -1.30. The summed E-state index contributed by atoms with van der Waals surface area (Å²) in [5, 5.41) is 8.45. The summed E-state index contributed by atoms with van der Waals surface area (Å²) in [7, 11) is 0. The Kier molecular flexibility index (Phi) is 5.62. The van der Waals surface area contributed by atoms with Gasteiger partial charge in [-0.2, -0.15) is 5.26 Å². The molecular formula is C10H15NO2. The van der Waals surface area contributed by atoms with Gasteiger partial charge in [0, 0.05) is 6.08 Å². The number of nitrogens with zero attached hydrogens (tertiary/aromatic N) is 1. The van der Waals surface area contributed by atoms with Crippen LogP contribution in [0.4, 0.5) is 0 Å². The fraction of sp³-hybridized carbons (Fsp3) is 0.600. The molecule has 0 heterocycles. The fourth-order valence-corrected chi connectivity index (χ4v) is 0.883. The van der Waals surface area contributed by atoms with Gasteiger partial charge < -0.3 is 4.74 Å². The molecule has 0 N–H and O–H groups in total. The molecular weight excluding hydrogens is 166 g/mol. The highest BCUT2D eigenvalue weighted by Crippen LogP contribution is 2.13. The van der Waals surface area contributed by atoms with E-state index in [9.17, 15) is 4.79 Å². The van der Waals surface area contributed by atoms with Crippen molar-refractivity contribution in [3.63, 3.8) is 0 Å². The van der Waals surface area contributed by atoms with E-state index in [-0.39, 0.29) is 18.3 Å². The van der Waals surface area contributed by atoms with Crippen molar-refractivity contribution < 1.29 is 9.53 Å². The average Bonchev–Trinajstić information content (AvgIpc) is 2.04. The molecule has 0 aromatic heterocycles. The van der Waals surface area contributed by atoms with Crippen LogP contribution in [0.15, 0.2) is 11.6 Å². The van der Waals surface area contributed by atoms with E-state index in [0.717, 1.165) is 5.57 Å². The number of nitriles is 1. The van der Waals surface area contributed by atoms with Crippen LogP contribution in [0.3, 0.4) is 0 Å². The van der Waals surface area contributed by atoms with Gasteiger partial charge in [0.2, 0.25) is 0 Å². The lowest BCUT2D eigenvalue weighted by molar-refractivity contribution is -0.142. The Balaban J connectivity index is 4.21. The monoisotopic (exact) mass is 181 g/mol. The number of carbonyl (C=O) groups is 1. The van der Waals surface area contributed by atoms with Crippen molar-refractivity contribution in [1.29, 1.82) is 5.26 Å². The first-order valence-electron chi connectivity index (χ1n) is 4.36. The van der Waals surface area contributed by atoms with E-state index >= 15 is 0 Å². The van der Waals surface area contributed by atoms with Gasteiger partial charge in [-0.05, 0) is 18.4 Å². The van der Waals surface area contributed by atoms with Gasteiger partial charge in [-0.25, -0.2) is 0 Å². The van der Waals surface area contributed by atoms with Gasteiger partial charge in [0.1, 0.15) is 0 Å². The molecule has 0 saturated heterocycles. The fourth-order valence-electron chi connectivity index (χ4n) is 0.883. The second-order valence-electron chi connectivity index (χ2n) is 2.98. The quantitative estimate of drug-likeness (QED) is 0.492. The van der Waals surface area contributed by atoms with Crippen molar-refractivity contribution >= 4 is 5.97 Å². The predicted molar refractivity (Wildman–Crippen MR) is 49.8 cm³/mol. The number of hydrogen-bond acceptors (Lipinski definition) is 3. The summed E-state index contributed by atoms with van der Waals surface area (Å²) in [5.74, 6) is -0.0539. The minimum absolute atomic E-state index is 0.212. The van der Waals surface area contributed by atoms with Crippen LogP contribution in [-0.2, 0) is 9.53 Å². The molecule has 0 fully saturated rings. The second kappa shape index (κ2) is 6.24. The van der Waals surface area contributed by atoms with Crippen molar-refractivity contribution in [2.45, 2.75) is 27.2 Å². The molecule has 0 aliphatic heterocycles. The van der Waals surface area contributed by atoms with E-state index in [0.29, 0.717) is 6.61 Å². The van der Waals surface area contributed by atoms with Crippen LogP contribution in [0.25, 0.3) is 0 Å². The van der Waals surface area contributed by atoms with Gasteiger partial charge in [0.05, 0.1) is 19.1 Å². The topological polar surface area (TPSA) is 50.1 Å². The first-order chi connectivity index (χ1) is 6.11. The molecule has 0 spiro atoms. The predicted octanol–water partition coefficient (Wildman–Crippen LogP) is 2.05. The standard InChI is InChI=1S/C10H15NO2/c1-4-13-10(12)7-9(5-6-11)8(2)3/h5,8H,4,7H2,1-3H3/b9-5-. The summed E-state index contributed by atoms with van der Waals surface area (Å²) in [6.07, 6.45) is 1.64. The Labute approximate surface area is 79.0 Å². The third-order valence-electron chi connectivity index (χ3n) is 1.65. The van der Waals surface area contributed by atoms with Crippen molar-refractivity contribution in [3.05, 3.63) is 11.6 Å². The van der Waals surface area contributed by atoms with E-state index in [1.54, 1.807) is 6.92 Å². The lowest BCUT2D eigenvalue weighted by Gasteiger charge is -2.08. The zero-order valence-corrected chi connectivity index (χ0v) is 8.33. The number of ether oxygens (including phenoxy) is 1. The van der Waals surface area contributed by atoms with Gasteiger partial charge in [-0.15, -0.1) is 0 Å². The molecule has 0 aromatic carbocycles. The van der Waals surface area contributed by atoms with Crippen LogP contribution in [-0.4, -0.2) is 12.6 Å². The normalized spacial score (nSPS) is 11.2. The second-order valence-corrected chi connectivity index (χ2v) is 2.98. The van der Waals surface area contributed by atoms with Crippen molar-refractivity contribution in [1.82, 2.24) is 0 Å². The average molecular weight is 181 g/mol. The van der Waals surface area contributed by atoms with Gasteiger partial charge in [0.15, 0.2) is 0 Å². The summed E-state index contributed by atoms with van der Waals surface area (Å²) < 4.78 is 4.78. The van der Waals surface area contributed by atoms with E-state index in [4.69, 9.17) is 10.00 Å². The van der Waals surface area contributed by atoms with Crippen LogP contribution < -0.4 is 0 Å². The van der Waals surface area contributed by atoms with Crippen molar-refractivity contribution in [2.75, 3.05) is 6.61 Å². The number of allylic oxidation sites excluding steroid dienone is 1. The van der Waals surface area contributed by atoms with Crippen LogP contribution in [0, 0.1) is 17.2 Å². The summed E-state index contributed by atoms with van der Waals surface area (Å²) in [6, 6.07) is 1.93. The molecule has 0 aliphatic rings. The number of rotatable bonds is 4. The lowest BCUT2D eigenvalue weighted by Crippen LogP contribution is -2.07. The summed E-state index contributed by atoms with van der Waals surface area (Å²) in [4.78, 5) is 11.1. The Bertz CT molecular complexity index is 236. The van der Waals surface area contributed by atoms with Gasteiger partial charge in [-0.3, -0.25) is 4.79 Å². The molecule has 0 rings (SSSR count). The van der Waals surface area contributed by atoms with E-state index in [1.807, 2.05) is 19.9 Å². The molecule has 0 bridgehead atoms. The van der Waals surface area contributed by atoms with Crippen LogP contribution in [0.1, 0.15) is 27.2 Å². The van der Waals surface area contributed by atoms with Crippen LogP contribution in [0.2, 0.25) is 0 Å². The summed E-state index contributed by atoms with van der Waals surface area (Å²) in [5.41, 5.74) is 0.820. The molecule has 0 radical (unpaired) electrons. The highest BCUT2D eigenvalue weighted by atomic mass is 16.5. The van der Waals surface area contributed by atoms with Gasteiger partial charge in [-0.1, -0.05) is 13.8 Å². The Morgan fingerprint density at radius 1 is 1.62 bits per heavy atom. The van der Waals surface area contributed by atoms with E-state index in [1.165, 1.54) is 6.08 Å². The largest absolute Gasteiger partial charge is 0.466 e. The Morgan fingerprint density at radius 3 is 2.62 bits per heavy atom. The van der Waals surface area contributed by atoms with Gasteiger partial charge in [0.25, 0.3) is 0 Å². The van der Waals surface area contributed by atoms with Crippen LogP contribution in [0.5, 0.6) is 0 Å². The first kappa shape index (κ1) is 11.7. The van der Waals surface area contributed by atoms with Gasteiger partial charge >= 0.3 is 5.97 Å². The maximum atomic E-state index is 11.1. The third-order valence-corrected chi connectivity index (χ3v) is 1.65. The molecule has 0 aliphatic carbocycles. The maximum Gasteiger partial charge on any atom is 0.309 e. The van der Waals surface area contributed by atoms with E-state index in [2.05, 4.69) is 0 Å².